The molecular weight excluding hydrogens is 296 g/mol. The molecule has 3 aliphatic heterocycles. The van der Waals surface area contributed by atoms with Gasteiger partial charge < -0.3 is 10.2 Å². The van der Waals surface area contributed by atoms with E-state index in [1.165, 1.54) is 11.8 Å². The highest BCUT2D eigenvalue weighted by atomic mass is 32.2. The van der Waals surface area contributed by atoms with E-state index in [1.54, 1.807) is 0 Å². The first-order valence-electron chi connectivity index (χ1n) is 7.70. The predicted octanol–water partition coefficient (Wildman–Crippen LogP) is 2.27. The highest BCUT2D eigenvalue weighted by Gasteiger charge is 2.33. The minimum Gasteiger partial charge on any atom is -0.370 e. The van der Waals surface area contributed by atoms with Gasteiger partial charge in [-0.3, -0.25) is 4.79 Å². The number of anilines is 1. The molecule has 22 heavy (non-hydrogen) atoms. The number of aromatic nitrogens is 1. The van der Waals surface area contributed by atoms with Gasteiger partial charge in [0, 0.05) is 25.0 Å². The Morgan fingerprint density at radius 2 is 2.27 bits per heavy atom. The second-order valence-corrected chi connectivity index (χ2v) is 7.09. The van der Waals surface area contributed by atoms with Crippen LogP contribution in [0.25, 0.3) is 0 Å². The number of carbonyl (C=O) groups excluding carboxylic acids is 1. The molecule has 0 aromatic carbocycles. The van der Waals surface area contributed by atoms with E-state index in [-0.39, 0.29) is 11.9 Å². The van der Waals surface area contributed by atoms with Crippen LogP contribution in [0.2, 0.25) is 0 Å². The van der Waals surface area contributed by atoms with Crippen LogP contribution >= 0.6 is 11.8 Å². The first-order chi connectivity index (χ1) is 10.6. The van der Waals surface area contributed by atoms with Gasteiger partial charge in [0.25, 0.3) is 0 Å². The number of piperidine rings is 1. The van der Waals surface area contributed by atoms with Gasteiger partial charge in [-0.2, -0.15) is 5.26 Å². The molecule has 1 aromatic rings. The number of pyridine rings is 1. The molecule has 1 fully saturated rings. The quantitative estimate of drug-likeness (QED) is 0.863. The van der Waals surface area contributed by atoms with E-state index in [0.717, 1.165) is 37.3 Å². The molecule has 0 spiro atoms. The minimum absolute atomic E-state index is 0.0197. The summed E-state index contributed by atoms with van der Waals surface area (Å²) in [7, 11) is 0. The van der Waals surface area contributed by atoms with E-state index in [4.69, 9.17) is 4.98 Å². The van der Waals surface area contributed by atoms with Gasteiger partial charge in [-0.1, -0.05) is 11.8 Å². The summed E-state index contributed by atoms with van der Waals surface area (Å²) in [6.07, 6.45) is 2.29. The Kier molecular flexibility index (Phi) is 4.25. The minimum atomic E-state index is -0.0197. The number of nitrogens with zero attached hydrogens (tertiary/aromatic N) is 3. The molecule has 0 unspecified atom stereocenters. The standard InChI is InChI=1S/C16H20N4OS/c1-10(2)18-14(21)9-22-16-12(8-17)7-13-15(19-16)11-3-5-20(13)6-4-11/h7,10-11H,3-6,9H2,1-2H3,(H,18,21). The van der Waals surface area contributed by atoms with Crippen LogP contribution in [-0.2, 0) is 4.79 Å². The number of amides is 1. The lowest BCUT2D eigenvalue weighted by Gasteiger charge is -2.41. The van der Waals surface area contributed by atoms with Crippen molar-refractivity contribution < 1.29 is 4.79 Å². The van der Waals surface area contributed by atoms with E-state index in [1.807, 2.05) is 19.9 Å². The number of thioether (sulfide) groups is 1. The van der Waals surface area contributed by atoms with E-state index < -0.39 is 0 Å². The maximum Gasteiger partial charge on any atom is 0.230 e. The number of fused-ring (bicyclic) bond motifs is 2. The Labute approximate surface area is 135 Å². The van der Waals surface area contributed by atoms with Gasteiger partial charge >= 0.3 is 0 Å². The van der Waals surface area contributed by atoms with Crippen molar-refractivity contribution in [1.82, 2.24) is 10.3 Å². The van der Waals surface area contributed by atoms with Crippen molar-refractivity contribution in [3.8, 4) is 6.07 Å². The molecule has 1 saturated heterocycles. The van der Waals surface area contributed by atoms with Gasteiger partial charge in [0.1, 0.15) is 11.1 Å². The average Bonchev–Trinajstić information content (AvgIpc) is 2.52. The third-order valence-electron chi connectivity index (χ3n) is 4.13. The van der Waals surface area contributed by atoms with Gasteiger partial charge in [0.05, 0.1) is 22.7 Å². The number of carbonyl (C=O) groups is 1. The molecule has 2 bridgehead atoms. The molecule has 0 radical (unpaired) electrons. The number of rotatable bonds is 4. The number of hydrogen-bond donors (Lipinski definition) is 1. The summed E-state index contributed by atoms with van der Waals surface area (Å²) in [5.74, 6) is 0.790. The molecular formula is C16H20N4OS. The lowest BCUT2D eigenvalue weighted by atomic mass is 9.86. The fourth-order valence-electron chi connectivity index (χ4n) is 3.13. The number of nitriles is 1. The van der Waals surface area contributed by atoms with Crippen LogP contribution in [0.4, 0.5) is 5.69 Å². The molecule has 4 rings (SSSR count). The van der Waals surface area contributed by atoms with Crippen molar-refractivity contribution in [3.05, 3.63) is 17.3 Å². The normalized spacial score (nSPS) is 16.5. The van der Waals surface area contributed by atoms with Crippen molar-refractivity contribution in [2.45, 2.75) is 43.7 Å². The average molecular weight is 316 g/mol. The Bertz CT molecular complexity index is 630. The van der Waals surface area contributed by atoms with Crippen molar-refractivity contribution >= 4 is 23.4 Å². The van der Waals surface area contributed by atoms with Crippen LogP contribution in [0.1, 0.15) is 43.9 Å². The maximum absolute atomic E-state index is 11.8. The van der Waals surface area contributed by atoms with Crippen molar-refractivity contribution in [3.63, 3.8) is 0 Å². The first-order valence-corrected chi connectivity index (χ1v) is 8.69. The van der Waals surface area contributed by atoms with Gasteiger partial charge in [-0.05, 0) is 32.8 Å². The predicted molar refractivity (Wildman–Crippen MR) is 87.1 cm³/mol. The molecule has 1 aromatic heterocycles. The van der Waals surface area contributed by atoms with E-state index in [9.17, 15) is 10.1 Å². The van der Waals surface area contributed by atoms with Crippen LogP contribution in [0.5, 0.6) is 0 Å². The molecule has 1 N–H and O–H groups in total. The Morgan fingerprint density at radius 1 is 1.55 bits per heavy atom. The van der Waals surface area contributed by atoms with Gasteiger partial charge in [0.15, 0.2) is 0 Å². The zero-order chi connectivity index (χ0) is 15.7. The monoisotopic (exact) mass is 316 g/mol. The Hall–Kier alpha value is -1.74. The molecule has 5 nitrogen and oxygen atoms in total. The van der Waals surface area contributed by atoms with Gasteiger partial charge in [0.2, 0.25) is 5.91 Å². The lowest BCUT2D eigenvalue weighted by molar-refractivity contribution is -0.119. The van der Waals surface area contributed by atoms with Crippen molar-refractivity contribution in [2.24, 2.45) is 0 Å². The molecule has 0 aliphatic carbocycles. The molecule has 6 heteroatoms. The molecule has 1 amide bonds. The van der Waals surface area contributed by atoms with Gasteiger partial charge in [-0.15, -0.1) is 0 Å². The molecule has 0 saturated carbocycles. The SMILES string of the molecule is CC(C)NC(=O)CSc1nc2c(cc1C#N)N1CCC2CC1. The van der Waals surface area contributed by atoms with Crippen LogP contribution in [0.3, 0.4) is 0 Å². The summed E-state index contributed by atoms with van der Waals surface area (Å²) in [6.45, 7) is 6.00. The topological polar surface area (TPSA) is 69.0 Å². The maximum atomic E-state index is 11.8. The second-order valence-electron chi connectivity index (χ2n) is 6.13. The number of hydrogen-bond acceptors (Lipinski definition) is 5. The van der Waals surface area contributed by atoms with E-state index >= 15 is 0 Å². The van der Waals surface area contributed by atoms with Gasteiger partial charge in [-0.25, -0.2) is 4.98 Å². The molecule has 116 valence electrons. The smallest absolute Gasteiger partial charge is 0.230 e. The fourth-order valence-corrected chi connectivity index (χ4v) is 3.91. The summed E-state index contributed by atoms with van der Waals surface area (Å²) in [4.78, 5) is 18.9. The third kappa shape index (κ3) is 2.91. The largest absolute Gasteiger partial charge is 0.370 e. The lowest BCUT2D eigenvalue weighted by Crippen LogP contribution is -2.39. The summed E-state index contributed by atoms with van der Waals surface area (Å²) < 4.78 is 0. The molecule has 0 atom stereocenters. The Balaban J connectivity index is 1.81. The summed E-state index contributed by atoms with van der Waals surface area (Å²) in [5.41, 5.74) is 2.81. The Morgan fingerprint density at radius 3 is 2.91 bits per heavy atom. The first kappa shape index (κ1) is 15.2. The third-order valence-corrected chi connectivity index (χ3v) is 5.12. The second kappa shape index (κ2) is 6.17. The van der Waals surface area contributed by atoms with Crippen LogP contribution in [-0.4, -0.2) is 35.8 Å². The highest BCUT2D eigenvalue weighted by molar-refractivity contribution is 8.00. The summed E-state index contributed by atoms with van der Waals surface area (Å²) >= 11 is 1.36. The van der Waals surface area contributed by atoms with Crippen LogP contribution in [0.15, 0.2) is 11.1 Å². The van der Waals surface area contributed by atoms with E-state index in [2.05, 4.69) is 16.3 Å². The summed E-state index contributed by atoms with van der Waals surface area (Å²) in [5, 5.41) is 12.9. The van der Waals surface area contributed by atoms with E-state index in [0.29, 0.717) is 22.3 Å². The zero-order valence-corrected chi connectivity index (χ0v) is 13.7. The van der Waals surface area contributed by atoms with Crippen LogP contribution in [0, 0.1) is 11.3 Å². The van der Waals surface area contributed by atoms with Crippen LogP contribution < -0.4 is 10.2 Å². The summed E-state index contributed by atoms with van der Waals surface area (Å²) in [6, 6.07) is 4.31. The highest BCUT2D eigenvalue weighted by Crippen LogP contribution is 2.42. The van der Waals surface area contributed by atoms with Crippen molar-refractivity contribution in [2.75, 3.05) is 23.7 Å². The molecule has 4 heterocycles. The van der Waals surface area contributed by atoms with Crippen molar-refractivity contribution in [1.29, 1.82) is 5.26 Å². The zero-order valence-electron chi connectivity index (χ0n) is 12.9. The number of nitrogens with one attached hydrogen (secondary N) is 1. The molecule has 3 aliphatic rings. The fraction of sp³-hybridized carbons (Fsp3) is 0.562.